The van der Waals surface area contributed by atoms with Crippen molar-refractivity contribution in [2.75, 3.05) is 13.2 Å². The number of aliphatic hydroxyl groups excluding tert-OH is 7. The Morgan fingerprint density at radius 1 is 0.921 bits per heavy atom. The quantitative estimate of drug-likeness (QED) is 0.0241. The maximum Gasteiger partial charge on any atom is 0.340 e. The molecule has 63 heavy (non-hydrogen) atoms. The number of hydrogen-bond acceptors (Lipinski definition) is 21. The molecule has 0 spiro atoms. The molecular weight excluding hydrogens is 842 g/mol. The van der Waals surface area contributed by atoms with Crippen LogP contribution in [0.1, 0.15) is 24.0 Å². The van der Waals surface area contributed by atoms with Crippen LogP contribution >= 0.6 is 0 Å². The standard InChI is InChI=1S/C39H47N5O19/c40-23-3-2-14(13-44-23)8-17-21(12-22-24(26(17)49)18(46)11-20(59-22)16-9-15(4-7-45)25(48)19(47)10-16)60-37-31(54)27(50)28(51)33(61-37)36(58)63-39(5-1-6-43-38(41)42)34(55)30(53)29(52)32(62-39)35(56)57/h2-3,9-13,23,27-34,37,44-45,47-55H,1,4-8,40H2,(H,56,57)(H4,41,42,43). The van der Waals surface area contributed by atoms with E-state index < -0.39 is 115 Å². The Morgan fingerprint density at radius 3 is 2.29 bits per heavy atom. The first-order valence-electron chi connectivity index (χ1n) is 19.2. The number of nitrogens with zero attached hydrogens (tertiary/aromatic N) is 1. The number of phenols is 3. The number of dihydropyridines is 1. The molecule has 11 unspecified atom stereocenters. The van der Waals surface area contributed by atoms with Gasteiger partial charge in [-0.2, -0.15) is 0 Å². The predicted octanol–water partition coefficient (Wildman–Crippen LogP) is -3.97. The predicted molar refractivity (Wildman–Crippen MR) is 212 cm³/mol. The summed E-state index contributed by atoms with van der Waals surface area (Å²) in [6.07, 6.45) is -17.3. The van der Waals surface area contributed by atoms with Gasteiger partial charge in [-0.1, -0.05) is 6.08 Å². The fourth-order valence-electron chi connectivity index (χ4n) is 7.26. The molecule has 0 aliphatic carbocycles. The number of aromatic hydroxyl groups is 3. The molecular formula is C39H47N5O19. The average molecular weight is 890 g/mol. The van der Waals surface area contributed by atoms with Gasteiger partial charge in [0, 0.05) is 61.0 Å². The SMILES string of the molecule is NC(N)=NCCCC1(OC(=O)C2OC(Oc3cc4oc(-c5cc(O)c(O)c(CCO)c5)cc(=O)c4c(O)c3CC3=CNC(N)C=C3)C(O)C(O)C2O)OC(C(=O)O)C(O)C(O)C1O. The number of guanidine groups is 1. The van der Waals surface area contributed by atoms with Crippen LogP contribution in [0.25, 0.3) is 22.3 Å². The molecule has 2 fully saturated rings. The molecule has 3 aromatic rings. The first-order valence-corrected chi connectivity index (χ1v) is 19.2. The molecule has 18 N–H and O–H groups in total. The third-order valence-corrected chi connectivity index (χ3v) is 10.6. The van der Waals surface area contributed by atoms with Gasteiger partial charge in [0.25, 0.3) is 0 Å². The molecule has 24 nitrogen and oxygen atoms in total. The van der Waals surface area contributed by atoms with E-state index in [0.29, 0.717) is 5.57 Å². The van der Waals surface area contributed by atoms with Crippen LogP contribution in [0.15, 0.2) is 62.4 Å². The van der Waals surface area contributed by atoms with Crippen molar-refractivity contribution in [3.63, 3.8) is 0 Å². The van der Waals surface area contributed by atoms with Crippen LogP contribution in [-0.4, -0.2) is 154 Å². The maximum absolute atomic E-state index is 13.9. The number of phenolic OH excluding ortho intramolecular Hbond substituents is 3. The molecule has 0 amide bonds. The second-order valence-corrected chi connectivity index (χ2v) is 14.9. The van der Waals surface area contributed by atoms with Crippen LogP contribution in [0, 0.1) is 0 Å². The van der Waals surface area contributed by atoms with Gasteiger partial charge >= 0.3 is 11.9 Å². The third-order valence-electron chi connectivity index (χ3n) is 10.6. The number of fused-ring (bicyclic) bond motifs is 1. The fourth-order valence-corrected chi connectivity index (χ4v) is 7.26. The summed E-state index contributed by atoms with van der Waals surface area (Å²) in [6, 6.07) is 4.53. The zero-order valence-electron chi connectivity index (χ0n) is 32.9. The number of aliphatic imine (C=N–C) groups is 1. The van der Waals surface area contributed by atoms with Crippen LogP contribution in [0.2, 0.25) is 0 Å². The minimum absolute atomic E-state index is 0.0703. The molecule has 6 rings (SSSR count). The molecule has 2 aromatic carbocycles. The summed E-state index contributed by atoms with van der Waals surface area (Å²) < 4.78 is 28.5. The molecule has 0 saturated carbocycles. The van der Waals surface area contributed by atoms with E-state index in [4.69, 9.17) is 40.6 Å². The summed E-state index contributed by atoms with van der Waals surface area (Å²) >= 11 is 0. The lowest BCUT2D eigenvalue weighted by molar-refractivity contribution is -0.353. The molecule has 3 aliphatic heterocycles. The van der Waals surface area contributed by atoms with E-state index in [0.717, 1.165) is 18.2 Å². The van der Waals surface area contributed by atoms with E-state index in [1.165, 1.54) is 12.3 Å². The number of hydrogen-bond donors (Lipinski definition) is 15. The van der Waals surface area contributed by atoms with Crippen LogP contribution < -0.4 is 32.7 Å². The normalized spacial score (nSPS) is 29.4. The van der Waals surface area contributed by atoms with Crippen LogP contribution in [0.3, 0.4) is 0 Å². The van der Waals surface area contributed by atoms with Gasteiger partial charge in [-0.3, -0.25) is 9.79 Å². The van der Waals surface area contributed by atoms with Crippen molar-refractivity contribution in [2.45, 2.75) is 92.8 Å². The Hall–Kier alpha value is -6.06. The van der Waals surface area contributed by atoms with Crippen molar-refractivity contribution in [1.82, 2.24) is 5.32 Å². The lowest BCUT2D eigenvalue weighted by Gasteiger charge is -2.47. The smallest absolute Gasteiger partial charge is 0.340 e. The molecule has 24 heteroatoms. The highest BCUT2D eigenvalue weighted by Crippen LogP contribution is 2.42. The number of aliphatic hydroxyl groups is 7. The third kappa shape index (κ3) is 9.49. The molecule has 1 aromatic heterocycles. The summed E-state index contributed by atoms with van der Waals surface area (Å²) in [6.45, 7) is -0.602. The highest BCUT2D eigenvalue weighted by atomic mass is 16.8. The van der Waals surface area contributed by atoms with E-state index in [1.807, 2.05) is 0 Å². The van der Waals surface area contributed by atoms with E-state index in [9.17, 15) is 70.6 Å². The van der Waals surface area contributed by atoms with Crippen LogP contribution in [0.4, 0.5) is 0 Å². The van der Waals surface area contributed by atoms with E-state index in [-0.39, 0.29) is 70.9 Å². The van der Waals surface area contributed by atoms with Crippen molar-refractivity contribution < 1.29 is 89.1 Å². The van der Waals surface area contributed by atoms with Crippen molar-refractivity contribution in [3.05, 3.63) is 69.5 Å². The van der Waals surface area contributed by atoms with Gasteiger partial charge in [0.15, 0.2) is 35.1 Å². The molecule has 0 radical (unpaired) electrons. The summed E-state index contributed by atoms with van der Waals surface area (Å²) in [4.78, 5) is 43.3. The number of ether oxygens (including phenoxy) is 4. The largest absolute Gasteiger partial charge is 0.507 e. The Kier molecular flexibility index (Phi) is 13.8. The van der Waals surface area contributed by atoms with Crippen LogP contribution in [-0.2, 0) is 36.6 Å². The molecule has 11 atom stereocenters. The summed E-state index contributed by atoms with van der Waals surface area (Å²) in [5, 5.41) is 119. The van der Waals surface area contributed by atoms with Gasteiger partial charge in [-0.05, 0) is 36.6 Å². The summed E-state index contributed by atoms with van der Waals surface area (Å²) in [7, 11) is 0. The lowest BCUT2D eigenvalue weighted by atomic mass is 9.89. The number of allylic oxidation sites excluding steroid dienone is 2. The van der Waals surface area contributed by atoms with Gasteiger partial charge in [0.2, 0.25) is 12.1 Å². The van der Waals surface area contributed by atoms with E-state index in [2.05, 4.69) is 10.3 Å². The zero-order valence-corrected chi connectivity index (χ0v) is 32.9. The van der Waals surface area contributed by atoms with Gasteiger partial charge < -0.3 is 102 Å². The highest BCUT2D eigenvalue weighted by molar-refractivity contribution is 5.88. The number of benzene rings is 2. The zero-order chi connectivity index (χ0) is 46.1. The molecule has 342 valence electrons. The molecule has 3 aliphatic rings. The number of esters is 1. The number of nitrogens with one attached hydrogen (secondary N) is 1. The number of rotatable bonds is 14. The maximum atomic E-state index is 13.9. The van der Waals surface area contributed by atoms with Gasteiger partial charge in [0.05, 0.1) is 6.17 Å². The lowest BCUT2D eigenvalue weighted by Crippen LogP contribution is -2.68. The number of nitrogens with two attached hydrogens (primary N) is 3. The molecule has 4 heterocycles. The minimum atomic E-state index is -2.78. The highest BCUT2D eigenvalue weighted by Gasteiger charge is 2.59. The van der Waals surface area contributed by atoms with Crippen LogP contribution in [0.5, 0.6) is 23.0 Å². The number of carboxylic acid groups (broad SMARTS) is 1. The first-order chi connectivity index (χ1) is 29.8. The van der Waals surface area contributed by atoms with Crippen molar-refractivity contribution in [2.24, 2.45) is 22.2 Å². The summed E-state index contributed by atoms with van der Waals surface area (Å²) in [5.41, 5.74) is 16.0. The average Bonchev–Trinajstić information content (AvgIpc) is 3.23. The number of carbonyl (C=O) groups is 2. The Bertz CT molecular complexity index is 2370. The van der Waals surface area contributed by atoms with Crippen molar-refractivity contribution in [1.29, 1.82) is 0 Å². The second-order valence-electron chi connectivity index (χ2n) is 14.9. The summed E-state index contributed by atoms with van der Waals surface area (Å²) in [5.74, 6) is -9.01. The second kappa shape index (κ2) is 18.7. The Balaban J connectivity index is 1.39. The van der Waals surface area contributed by atoms with Gasteiger partial charge in [0.1, 0.15) is 64.9 Å². The number of aliphatic carboxylic acids is 1. The van der Waals surface area contributed by atoms with E-state index >= 15 is 0 Å². The van der Waals surface area contributed by atoms with E-state index in [1.54, 1.807) is 12.2 Å². The molecule has 2 saturated heterocycles. The minimum Gasteiger partial charge on any atom is -0.507 e. The first kappa shape index (κ1) is 46.4. The van der Waals surface area contributed by atoms with Crippen molar-refractivity contribution >= 4 is 28.9 Å². The van der Waals surface area contributed by atoms with Gasteiger partial charge in [-0.25, -0.2) is 9.59 Å². The topological polar surface area (TPSA) is 426 Å². The Labute approximate surface area is 354 Å². The van der Waals surface area contributed by atoms with Crippen molar-refractivity contribution in [3.8, 4) is 34.3 Å². The fraction of sp³-hybridized carbons (Fsp3) is 0.436. The Morgan fingerprint density at radius 2 is 1.63 bits per heavy atom. The monoisotopic (exact) mass is 889 g/mol. The number of carbonyl (C=O) groups excluding carboxylic acids is 1. The number of carboxylic acids is 1. The molecule has 0 bridgehead atoms. The van der Waals surface area contributed by atoms with Gasteiger partial charge in [-0.15, -0.1) is 0 Å².